The molecule has 1 heterocycles. The van der Waals surface area contributed by atoms with Gasteiger partial charge >= 0.3 is 5.97 Å². The third-order valence-corrected chi connectivity index (χ3v) is 3.83. The fourth-order valence-electron chi connectivity index (χ4n) is 1.32. The van der Waals surface area contributed by atoms with Gasteiger partial charge in [-0.3, -0.25) is 0 Å². The van der Waals surface area contributed by atoms with Crippen molar-refractivity contribution in [2.45, 2.75) is 9.92 Å². The van der Waals surface area contributed by atoms with E-state index in [1.165, 1.54) is 30.2 Å². The van der Waals surface area contributed by atoms with Crippen LogP contribution in [0.2, 0.25) is 0 Å². The molecule has 19 heavy (non-hydrogen) atoms. The van der Waals surface area contributed by atoms with Gasteiger partial charge in [0.25, 0.3) is 0 Å². The fraction of sp³-hybridized carbons (Fsp3) is 0. The van der Waals surface area contributed by atoms with Gasteiger partial charge in [0.05, 0.1) is 5.56 Å². The minimum absolute atomic E-state index is 0.160. The molecule has 0 radical (unpaired) electrons. The molecular weight excluding hydrogens is 330 g/mol. The van der Waals surface area contributed by atoms with Crippen LogP contribution in [0.1, 0.15) is 16.1 Å². The number of carbonyl (C=O) groups is 1. The molecule has 1 N–H and O–H groups in total. The van der Waals surface area contributed by atoms with Gasteiger partial charge in [-0.1, -0.05) is 11.8 Å². The minimum atomic E-state index is -1.02. The summed E-state index contributed by atoms with van der Waals surface area (Å²) in [5.74, 6) is -1.02. The summed E-state index contributed by atoms with van der Waals surface area (Å²) in [4.78, 5) is 19.7. The number of nitriles is 1. The maximum absolute atomic E-state index is 11.0. The summed E-state index contributed by atoms with van der Waals surface area (Å²) in [7, 11) is 0. The summed E-state index contributed by atoms with van der Waals surface area (Å²) in [6, 6.07) is 6.86. The molecule has 0 fully saturated rings. The van der Waals surface area contributed by atoms with Crippen LogP contribution in [0.5, 0.6) is 0 Å². The topological polar surface area (TPSA) is 86.9 Å². The summed E-state index contributed by atoms with van der Waals surface area (Å²) in [5.41, 5.74) is 0.375. The second-order valence-electron chi connectivity index (χ2n) is 3.37. The van der Waals surface area contributed by atoms with E-state index in [1.807, 2.05) is 6.07 Å². The number of carboxylic acids is 1. The van der Waals surface area contributed by atoms with E-state index in [4.69, 9.17) is 10.4 Å². The third-order valence-electron chi connectivity index (χ3n) is 2.15. The zero-order valence-electron chi connectivity index (χ0n) is 9.37. The van der Waals surface area contributed by atoms with Crippen LogP contribution in [-0.4, -0.2) is 21.0 Å². The number of rotatable bonds is 3. The highest BCUT2D eigenvalue weighted by molar-refractivity contribution is 9.10. The number of hydrogen-bond acceptors (Lipinski definition) is 5. The van der Waals surface area contributed by atoms with E-state index in [1.54, 1.807) is 12.1 Å². The summed E-state index contributed by atoms with van der Waals surface area (Å²) in [6.45, 7) is 0. The maximum atomic E-state index is 11.0. The van der Waals surface area contributed by atoms with Crippen molar-refractivity contribution in [2.75, 3.05) is 0 Å². The molecule has 94 valence electrons. The van der Waals surface area contributed by atoms with Crippen molar-refractivity contribution in [1.82, 2.24) is 9.97 Å². The van der Waals surface area contributed by atoms with Crippen molar-refractivity contribution < 1.29 is 9.90 Å². The molecule has 0 spiro atoms. The smallest absolute Gasteiger partial charge is 0.336 e. The fourth-order valence-corrected chi connectivity index (χ4v) is 2.58. The monoisotopic (exact) mass is 335 g/mol. The van der Waals surface area contributed by atoms with E-state index in [-0.39, 0.29) is 11.3 Å². The first-order valence-electron chi connectivity index (χ1n) is 5.03. The first-order valence-corrected chi connectivity index (χ1v) is 6.64. The number of aromatic carboxylic acids is 1. The van der Waals surface area contributed by atoms with Crippen molar-refractivity contribution in [3.8, 4) is 6.07 Å². The lowest BCUT2D eigenvalue weighted by Gasteiger charge is -2.04. The Labute approximate surface area is 121 Å². The molecule has 0 aliphatic heterocycles. The first-order chi connectivity index (χ1) is 9.11. The molecule has 1 aromatic heterocycles. The van der Waals surface area contributed by atoms with Crippen LogP contribution in [0.15, 0.2) is 45.0 Å². The molecule has 0 saturated carbocycles. The van der Waals surface area contributed by atoms with Gasteiger partial charge in [0.15, 0.2) is 5.69 Å². The van der Waals surface area contributed by atoms with E-state index in [2.05, 4.69) is 25.9 Å². The Balaban J connectivity index is 2.37. The van der Waals surface area contributed by atoms with Gasteiger partial charge in [0.1, 0.15) is 11.1 Å². The van der Waals surface area contributed by atoms with Crippen molar-refractivity contribution in [3.63, 3.8) is 0 Å². The zero-order chi connectivity index (χ0) is 13.8. The molecule has 0 saturated heterocycles. The molecule has 1 aromatic carbocycles. The normalized spacial score (nSPS) is 9.89. The second kappa shape index (κ2) is 5.82. The zero-order valence-corrected chi connectivity index (χ0v) is 11.8. The lowest BCUT2D eigenvalue weighted by molar-refractivity contribution is 0.0695. The van der Waals surface area contributed by atoms with Gasteiger partial charge < -0.3 is 5.11 Å². The van der Waals surface area contributed by atoms with Crippen molar-refractivity contribution in [2.24, 2.45) is 0 Å². The maximum Gasteiger partial charge on any atom is 0.336 e. The highest BCUT2D eigenvalue weighted by atomic mass is 79.9. The minimum Gasteiger partial charge on any atom is -0.478 e. The van der Waals surface area contributed by atoms with Gasteiger partial charge in [0.2, 0.25) is 0 Å². The van der Waals surface area contributed by atoms with Crippen LogP contribution in [0.3, 0.4) is 0 Å². The molecule has 7 heteroatoms. The molecule has 0 aliphatic rings. The molecule has 0 atom stereocenters. The molecule has 5 nitrogen and oxygen atoms in total. The number of halogens is 1. The molecular formula is C12H6BrN3O2S. The molecule has 0 unspecified atom stereocenters. The second-order valence-corrected chi connectivity index (χ2v) is 5.29. The van der Waals surface area contributed by atoms with Gasteiger partial charge in [-0.25, -0.2) is 14.8 Å². The average Bonchev–Trinajstić information content (AvgIpc) is 2.41. The quantitative estimate of drug-likeness (QED) is 0.927. The average molecular weight is 336 g/mol. The van der Waals surface area contributed by atoms with Crippen LogP contribution >= 0.6 is 27.7 Å². The molecule has 0 aliphatic carbocycles. The molecule has 2 aromatic rings. The number of hydrogen-bond donors (Lipinski definition) is 1. The standard InChI is InChI=1S/C12H6BrN3O2S/c13-9-2-1-7(5-8(9)12(17)18)19-11-10(6-14)15-3-4-16-11/h1-5H,(H,17,18). The number of aromatic nitrogens is 2. The number of nitrogens with zero attached hydrogens (tertiary/aromatic N) is 3. The summed E-state index contributed by atoms with van der Waals surface area (Å²) in [5, 5.41) is 18.4. The number of benzene rings is 1. The highest BCUT2D eigenvalue weighted by Crippen LogP contribution is 2.30. The summed E-state index contributed by atoms with van der Waals surface area (Å²) < 4.78 is 0.504. The van der Waals surface area contributed by atoms with Crippen molar-refractivity contribution in [1.29, 1.82) is 5.26 Å². The Kier molecular flexibility index (Phi) is 4.14. The van der Waals surface area contributed by atoms with Crippen molar-refractivity contribution in [3.05, 3.63) is 46.3 Å². The Morgan fingerprint density at radius 2 is 2.11 bits per heavy atom. The predicted octanol–water partition coefficient (Wildman–Crippen LogP) is 2.96. The third kappa shape index (κ3) is 3.10. The molecule has 2 rings (SSSR count). The highest BCUT2D eigenvalue weighted by Gasteiger charge is 2.12. The Morgan fingerprint density at radius 3 is 2.79 bits per heavy atom. The van der Waals surface area contributed by atoms with Gasteiger partial charge in [-0.15, -0.1) is 0 Å². The molecule has 0 amide bonds. The summed E-state index contributed by atoms with van der Waals surface area (Å²) >= 11 is 4.37. The summed E-state index contributed by atoms with van der Waals surface area (Å²) in [6.07, 6.45) is 2.92. The molecule has 0 bridgehead atoms. The van der Waals surface area contributed by atoms with Crippen LogP contribution < -0.4 is 0 Å². The van der Waals surface area contributed by atoms with Gasteiger partial charge in [-0.2, -0.15) is 5.26 Å². The van der Waals surface area contributed by atoms with Gasteiger partial charge in [0, 0.05) is 21.8 Å². The Morgan fingerprint density at radius 1 is 1.37 bits per heavy atom. The number of carboxylic acid groups (broad SMARTS) is 1. The van der Waals surface area contributed by atoms with Crippen LogP contribution in [-0.2, 0) is 0 Å². The van der Waals surface area contributed by atoms with Gasteiger partial charge in [-0.05, 0) is 34.1 Å². The van der Waals surface area contributed by atoms with E-state index >= 15 is 0 Å². The Hall–Kier alpha value is -1.91. The van der Waals surface area contributed by atoms with Crippen LogP contribution in [0.25, 0.3) is 0 Å². The lowest BCUT2D eigenvalue weighted by atomic mass is 10.2. The predicted molar refractivity (Wildman–Crippen MR) is 72.0 cm³/mol. The van der Waals surface area contributed by atoms with E-state index in [0.717, 1.165) is 0 Å². The first kappa shape index (κ1) is 13.5. The van der Waals surface area contributed by atoms with Crippen molar-refractivity contribution >= 4 is 33.7 Å². The van der Waals surface area contributed by atoms with Crippen LogP contribution in [0, 0.1) is 11.3 Å². The Bertz CT molecular complexity index is 685. The largest absolute Gasteiger partial charge is 0.478 e. The van der Waals surface area contributed by atoms with E-state index in [9.17, 15) is 4.79 Å². The SMILES string of the molecule is N#Cc1nccnc1Sc1ccc(Br)c(C(=O)O)c1. The van der Waals surface area contributed by atoms with E-state index in [0.29, 0.717) is 14.4 Å². The lowest BCUT2D eigenvalue weighted by Crippen LogP contribution is -1.98. The van der Waals surface area contributed by atoms with E-state index < -0.39 is 5.97 Å². The van der Waals surface area contributed by atoms with Crippen LogP contribution in [0.4, 0.5) is 0 Å².